The van der Waals surface area contributed by atoms with Crippen LogP contribution in [0.15, 0.2) is 95.2 Å². The number of aromatic nitrogens is 6. The fourth-order valence-corrected chi connectivity index (χ4v) is 3.72. The third kappa shape index (κ3) is 3.12. The van der Waals surface area contributed by atoms with Gasteiger partial charge in [0, 0.05) is 10.9 Å². The van der Waals surface area contributed by atoms with Crippen LogP contribution < -0.4 is 0 Å². The van der Waals surface area contributed by atoms with Gasteiger partial charge in [0.25, 0.3) is 0 Å². The molecule has 0 N–H and O–H groups in total. The van der Waals surface area contributed by atoms with Gasteiger partial charge in [0.2, 0.25) is 5.16 Å². The van der Waals surface area contributed by atoms with Gasteiger partial charge >= 0.3 is 0 Å². The minimum atomic E-state index is 0.601. The van der Waals surface area contributed by atoms with Gasteiger partial charge in [-0.1, -0.05) is 66.7 Å². The average molecular weight is 382 g/mol. The highest BCUT2D eigenvalue weighted by Gasteiger charge is 2.15. The van der Waals surface area contributed by atoms with E-state index in [4.69, 9.17) is 9.97 Å². The summed E-state index contributed by atoms with van der Waals surface area (Å²) in [4.78, 5) is 9.54. The number of hydrogen-bond acceptors (Lipinski definition) is 6. The fourth-order valence-electron chi connectivity index (χ4n) is 2.97. The quantitative estimate of drug-likeness (QED) is 0.429. The molecule has 0 bridgehead atoms. The summed E-state index contributed by atoms with van der Waals surface area (Å²) in [6.07, 6.45) is 0. The van der Waals surface area contributed by atoms with Gasteiger partial charge in [0.15, 0.2) is 5.16 Å². The molecule has 0 amide bonds. The third-order valence-electron chi connectivity index (χ3n) is 4.25. The summed E-state index contributed by atoms with van der Waals surface area (Å²) < 4.78 is 1.69. The molecule has 0 aliphatic rings. The van der Waals surface area contributed by atoms with E-state index in [0.717, 1.165) is 27.8 Å². The maximum atomic E-state index is 4.82. The largest absolute Gasteiger partial charge is 0.222 e. The number of para-hydroxylation sites is 2. The summed E-state index contributed by atoms with van der Waals surface area (Å²) in [6.45, 7) is 0. The molecule has 0 atom stereocenters. The van der Waals surface area contributed by atoms with E-state index < -0.39 is 0 Å². The molecule has 2 aromatic heterocycles. The number of nitrogens with zero attached hydrogens (tertiary/aromatic N) is 6. The van der Waals surface area contributed by atoms with E-state index in [9.17, 15) is 0 Å². The van der Waals surface area contributed by atoms with Gasteiger partial charge in [-0.05, 0) is 40.4 Å². The minimum absolute atomic E-state index is 0.601. The van der Waals surface area contributed by atoms with Gasteiger partial charge in [-0.2, -0.15) is 4.68 Å². The highest BCUT2D eigenvalue weighted by molar-refractivity contribution is 7.99. The Bertz CT molecular complexity index is 1240. The van der Waals surface area contributed by atoms with Gasteiger partial charge in [-0.25, -0.2) is 9.97 Å². The second kappa shape index (κ2) is 7.21. The monoisotopic (exact) mass is 382 g/mol. The van der Waals surface area contributed by atoms with E-state index in [-0.39, 0.29) is 0 Å². The van der Waals surface area contributed by atoms with Crippen LogP contribution in [0.2, 0.25) is 0 Å². The molecule has 3 aromatic carbocycles. The summed E-state index contributed by atoms with van der Waals surface area (Å²) in [7, 11) is 0. The van der Waals surface area contributed by atoms with Crippen LogP contribution in [0.5, 0.6) is 0 Å². The lowest BCUT2D eigenvalue weighted by Crippen LogP contribution is -2.00. The van der Waals surface area contributed by atoms with Crippen molar-refractivity contribution in [1.82, 2.24) is 30.2 Å². The Morgan fingerprint density at radius 1 is 0.714 bits per heavy atom. The summed E-state index contributed by atoms with van der Waals surface area (Å²) in [5.41, 5.74) is 3.72. The smallest absolute Gasteiger partial charge is 0.221 e. The second-order valence-electron chi connectivity index (χ2n) is 6.05. The molecule has 2 heterocycles. The lowest BCUT2D eigenvalue weighted by atomic mass is 10.1. The van der Waals surface area contributed by atoms with Crippen molar-refractivity contribution >= 4 is 22.7 Å². The maximum Gasteiger partial charge on any atom is 0.221 e. The number of rotatable bonds is 4. The molecular formula is C21H14N6S. The van der Waals surface area contributed by atoms with Crippen molar-refractivity contribution in [3.05, 3.63) is 84.9 Å². The van der Waals surface area contributed by atoms with Crippen molar-refractivity contribution in [2.24, 2.45) is 0 Å². The molecule has 6 nitrogen and oxygen atoms in total. The lowest BCUT2D eigenvalue weighted by molar-refractivity contribution is 0.755. The van der Waals surface area contributed by atoms with Gasteiger partial charge in [-0.3, -0.25) is 0 Å². The first kappa shape index (κ1) is 16.6. The van der Waals surface area contributed by atoms with Crippen LogP contribution in [0.4, 0.5) is 0 Å². The molecule has 5 rings (SSSR count). The molecule has 0 unspecified atom stereocenters. The van der Waals surface area contributed by atoms with Crippen LogP contribution in [0.25, 0.3) is 27.8 Å². The molecule has 0 saturated carbocycles. The van der Waals surface area contributed by atoms with Crippen molar-refractivity contribution in [2.75, 3.05) is 0 Å². The number of tetrazole rings is 1. The Morgan fingerprint density at radius 3 is 2.25 bits per heavy atom. The predicted octanol–water partition coefficient (Wildman–Crippen LogP) is 4.42. The van der Waals surface area contributed by atoms with Gasteiger partial charge in [0.1, 0.15) is 0 Å². The van der Waals surface area contributed by atoms with Crippen LogP contribution >= 0.6 is 11.8 Å². The first-order chi connectivity index (χ1) is 13.9. The summed E-state index contributed by atoms with van der Waals surface area (Å²) in [6, 6.07) is 27.9. The molecule has 5 aromatic rings. The van der Waals surface area contributed by atoms with E-state index in [0.29, 0.717) is 10.3 Å². The molecule has 134 valence electrons. The van der Waals surface area contributed by atoms with E-state index in [2.05, 4.69) is 27.7 Å². The number of fused-ring (bicyclic) bond motifs is 1. The van der Waals surface area contributed by atoms with Crippen molar-refractivity contribution in [3.63, 3.8) is 0 Å². The number of benzene rings is 3. The molecule has 0 saturated heterocycles. The van der Waals surface area contributed by atoms with Crippen LogP contribution in [-0.2, 0) is 0 Å². The second-order valence-corrected chi connectivity index (χ2v) is 6.98. The predicted molar refractivity (Wildman–Crippen MR) is 108 cm³/mol. The molecule has 0 radical (unpaired) electrons. The van der Waals surface area contributed by atoms with Crippen molar-refractivity contribution < 1.29 is 0 Å². The van der Waals surface area contributed by atoms with Crippen LogP contribution in [0, 0.1) is 0 Å². The maximum absolute atomic E-state index is 4.82. The van der Waals surface area contributed by atoms with Gasteiger partial charge in [0.05, 0.1) is 16.9 Å². The van der Waals surface area contributed by atoms with E-state index in [1.807, 2.05) is 72.8 Å². The highest BCUT2D eigenvalue weighted by atomic mass is 32.2. The van der Waals surface area contributed by atoms with Gasteiger partial charge < -0.3 is 0 Å². The van der Waals surface area contributed by atoms with Crippen molar-refractivity contribution in [2.45, 2.75) is 10.3 Å². The highest BCUT2D eigenvalue weighted by Crippen LogP contribution is 2.31. The van der Waals surface area contributed by atoms with Crippen molar-refractivity contribution in [3.8, 4) is 16.9 Å². The molecule has 28 heavy (non-hydrogen) atoms. The molecule has 0 aliphatic heterocycles. The van der Waals surface area contributed by atoms with Crippen LogP contribution in [0.3, 0.4) is 0 Å². The van der Waals surface area contributed by atoms with Crippen LogP contribution in [0.1, 0.15) is 0 Å². The standard InChI is InChI=1S/C21H14N6S/c1-3-9-15(10-4-1)19-17-13-7-8-14-18(17)22-20(23-19)28-21-24-25-26-27(21)16-11-5-2-6-12-16/h1-14H. The Hall–Kier alpha value is -3.58. The topological polar surface area (TPSA) is 69.4 Å². The zero-order valence-electron chi connectivity index (χ0n) is 14.7. The normalized spacial score (nSPS) is 11.0. The molecular weight excluding hydrogens is 368 g/mol. The average Bonchev–Trinajstić information content (AvgIpc) is 3.22. The zero-order chi connectivity index (χ0) is 18.8. The Kier molecular flexibility index (Phi) is 4.27. The Morgan fingerprint density at radius 2 is 1.43 bits per heavy atom. The van der Waals surface area contributed by atoms with Crippen LogP contribution in [-0.4, -0.2) is 30.2 Å². The first-order valence-electron chi connectivity index (χ1n) is 8.72. The van der Waals surface area contributed by atoms with Crippen molar-refractivity contribution in [1.29, 1.82) is 0 Å². The zero-order valence-corrected chi connectivity index (χ0v) is 15.5. The lowest BCUT2D eigenvalue weighted by Gasteiger charge is -2.08. The van der Waals surface area contributed by atoms with Gasteiger partial charge in [-0.15, -0.1) is 5.10 Å². The summed E-state index contributed by atoms with van der Waals surface area (Å²) in [5.74, 6) is 0. The summed E-state index contributed by atoms with van der Waals surface area (Å²) in [5, 5.41) is 14.3. The third-order valence-corrected chi connectivity index (χ3v) is 5.06. The number of hydrogen-bond donors (Lipinski definition) is 0. The molecule has 0 spiro atoms. The van der Waals surface area contributed by atoms with E-state index in [1.54, 1.807) is 4.68 Å². The molecule has 0 aliphatic carbocycles. The summed E-state index contributed by atoms with van der Waals surface area (Å²) >= 11 is 1.34. The molecule has 7 heteroatoms. The SMILES string of the molecule is c1ccc(-c2nc(Sc3nnnn3-c3ccccc3)nc3ccccc23)cc1. The molecule has 0 fully saturated rings. The minimum Gasteiger partial charge on any atom is -0.222 e. The fraction of sp³-hybridized carbons (Fsp3) is 0. The van der Waals surface area contributed by atoms with E-state index >= 15 is 0 Å². The Balaban J connectivity index is 1.61. The van der Waals surface area contributed by atoms with E-state index in [1.165, 1.54) is 11.8 Å². The first-order valence-corrected chi connectivity index (χ1v) is 9.54. The Labute approximate surface area is 165 Å².